The number of anilines is 3. The van der Waals surface area contributed by atoms with Gasteiger partial charge in [-0.3, -0.25) is 9.59 Å². The molecular weight excluding hydrogens is 350 g/mol. The Morgan fingerprint density at radius 1 is 0.821 bits per heavy atom. The summed E-state index contributed by atoms with van der Waals surface area (Å²) in [5.74, 6) is -0.202. The molecule has 5 heteroatoms. The van der Waals surface area contributed by atoms with Gasteiger partial charge < -0.3 is 15.5 Å². The molecule has 0 saturated heterocycles. The summed E-state index contributed by atoms with van der Waals surface area (Å²) in [4.78, 5) is 27.5. The van der Waals surface area contributed by atoms with Gasteiger partial charge in [-0.05, 0) is 47.9 Å². The lowest BCUT2D eigenvalue weighted by atomic mass is 9.99. The Labute approximate surface area is 163 Å². The Morgan fingerprint density at radius 2 is 1.61 bits per heavy atom. The summed E-state index contributed by atoms with van der Waals surface area (Å²) in [6.07, 6.45) is 0.862. The predicted octanol–water partition coefficient (Wildman–Crippen LogP) is 4.19. The highest BCUT2D eigenvalue weighted by atomic mass is 16.2. The molecule has 3 aromatic carbocycles. The maximum absolute atomic E-state index is 13.1. The zero-order valence-electron chi connectivity index (χ0n) is 15.2. The summed E-state index contributed by atoms with van der Waals surface area (Å²) >= 11 is 0. The maximum Gasteiger partial charge on any atom is 0.257 e. The molecule has 0 aromatic heterocycles. The number of para-hydroxylation sites is 1. The largest absolute Gasteiger partial charge is 0.353 e. The van der Waals surface area contributed by atoms with E-state index in [9.17, 15) is 9.59 Å². The van der Waals surface area contributed by atoms with Gasteiger partial charge in [0.25, 0.3) is 11.8 Å². The van der Waals surface area contributed by atoms with Gasteiger partial charge in [0.2, 0.25) is 0 Å². The molecule has 0 atom stereocenters. The molecule has 2 N–H and O–H groups in total. The van der Waals surface area contributed by atoms with Crippen LogP contribution in [0.3, 0.4) is 0 Å². The third-order valence-electron chi connectivity index (χ3n) is 5.37. The highest BCUT2D eigenvalue weighted by Gasteiger charge is 2.24. The van der Waals surface area contributed by atoms with Crippen LogP contribution in [0.4, 0.5) is 17.1 Å². The van der Waals surface area contributed by atoms with E-state index in [1.54, 1.807) is 12.1 Å². The van der Waals surface area contributed by atoms with Gasteiger partial charge in [-0.25, -0.2) is 0 Å². The Bertz CT molecular complexity index is 1110. The number of benzene rings is 3. The number of carbonyl (C=O) groups is 2. The van der Waals surface area contributed by atoms with Crippen molar-refractivity contribution in [1.82, 2.24) is 4.90 Å². The van der Waals surface area contributed by atoms with Gasteiger partial charge in [-0.2, -0.15) is 0 Å². The van der Waals surface area contributed by atoms with Gasteiger partial charge in [-0.15, -0.1) is 0 Å². The first-order valence-electron chi connectivity index (χ1n) is 9.36. The van der Waals surface area contributed by atoms with Gasteiger partial charge in [-0.1, -0.05) is 36.4 Å². The third-order valence-corrected chi connectivity index (χ3v) is 5.37. The number of amides is 2. The first-order chi connectivity index (χ1) is 13.7. The normalized spacial score (nSPS) is 14.7. The molecule has 3 aromatic rings. The predicted molar refractivity (Wildman–Crippen MR) is 109 cm³/mol. The highest BCUT2D eigenvalue weighted by molar-refractivity contribution is 6.12. The average Bonchev–Trinajstić information content (AvgIpc) is 2.88. The second-order valence-corrected chi connectivity index (χ2v) is 7.13. The summed E-state index contributed by atoms with van der Waals surface area (Å²) in [6.45, 7) is 1.31. The third kappa shape index (κ3) is 2.81. The van der Waals surface area contributed by atoms with Crippen molar-refractivity contribution in [3.63, 3.8) is 0 Å². The first-order valence-corrected chi connectivity index (χ1v) is 9.36. The molecule has 2 aliphatic rings. The Hall–Kier alpha value is -3.60. The molecule has 5 nitrogen and oxygen atoms in total. The fourth-order valence-corrected chi connectivity index (χ4v) is 3.87. The van der Waals surface area contributed by atoms with Crippen molar-refractivity contribution in [2.24, 2.45) is 0 Å². The van der Waals surface area contributed by atoms with E-state index in [4.69, 9.17) is 0 Å². The van der Waals surface area contributed by atoms with Crippen LogP contribution in [-0.4, -0.2) is 23.3 Å². The molecule has 0 spiro atoms. The Morgan fingerprint density at radius 3 is 2.50 bits per heavy atom. The van der Waals surface area contributed by atoms with Crippen LogP contribution < -0.4 is 10.6 Å². The zero-order chi connectivity index (χ0) is 19.1. The maximum atomic E-state index is 13.1. The number of hydrogen-bond donors (Lipinski definition) is 2. The molecule has 2 aliphatic heterocycles. The summed E-state index contributed by atoms with van der Waals surface area (Å²) in [7, 11) is 0. The minimum absolute atomic E-state index is 0.0201. The van der Waals surface area contributed by atoms with E-state index >= 15 is 0 Å². The molecule has 0 unspecified atom stereocenters. The zero-order valence-corrected chi connectivity index (χ0v) is 15.2. The Balaban J connectivity index is 1.43. The fourth-order valence-electron chi connectivity index (χ4n) is 3.87. The van der Waals surface area contributed by atoms with Gasteiger partial charge in [0.05, 0.1) is 22.6 Å². The van der Waals surface area contributed by atoms with E-state index in [1.807, 2.05) is 47.4 Å². The lowest BCUT2D eigenvalue weighted by molar-refractivity contribution is 0.0734. The van der Waals surface area contributed by atoms with Gasteiger partial charge in [0.15, 0.2) is 0 Å². The molecule has 2 amide bonds. The number of fused-ring (bicyclic) bond motifs is 3. The SMILES string of the molecule is O=C1Nc2cc(C(=O)N3CCc4ccccc4C3)ccc2Nc2ccccc21. The van der Waals surface area contributed by atoms with E-state index in [0.717, 1.165) is 17.8 Å². The number of nitrogens with one attached hydrogen (secondary N) is 2. The van der Waals surface area contributed by atoms with Crippen LogP contribution in [0.2, 0.25) is 0 Å². The minimum Gasteiger partial charge on any atom is -0.353 e. The smallest absolute Gasteiger partial charge is 0.257 e. The number of carbonyl (C=O) groups excluding carboxylic acids is 2. The average molecular weight is 369 g/mol. The van der Waals surface area contributed by atoms with E-state index in [1.165, 1.54) is 11.1 Å². The van der Waals surface area contributed by atoms with Crippen LogP contribution in [0, 0.1) is 0 Å². The van der Waals surface area contributed by atoms with Crippen LogP contribution in [0.15, 0.2) is 66.7 Å². The first kappa shape index (κ1) is 16.6. The lowest BCUT2D eigenvalue weighted by Crippen LogP contribution is -2.35. The number of nitrogens with zero attached hydrogens (tertiary/aromatic N) is 1. The van der Waals surface area contributed by atoms with Crippen molar-refractivity contribution in [2.45, 2.75) is 13.0 Å². The molecular formula is C23H19N3O2. The van der Waals surface area contributed by atoms with E-state index < -0.39 is 0 Å². The quantitative estimate of drug-likeness (QED) is 0.676. The molecule has 0 radical (unpaired) electrons. The van der Waals surface area contributed by atoms with Crippen LogP contribution in [0.1, 0.15) is 31.8 Å². The highest BCUT2D eigenvalue weighted by Crippen LogP contribution is 2.33. The van der Waals surface area contributed by atoms with Crippen molar-refractivity contribution in [3.05, 3.63) is 89.0 Å². The molecule has 28 heavy (non-hydrogen) atoms. The van der Waals surface area contributed by atoms with Crippen LogP contribution >= 0.6 is 0 Å². The van der Waals surface area contributed by atoms with Crippen molar-refractivity contribution < 1.29 is 9.59 Å². The second-order valence-electron chi connectivity index (χ2n) is 7.13. The molecule has 0 fully saturated rings. The standard InChI is InChI=1S/C23H19N3O2/c27-22-18-7-3-4-8-19(18)24-20-10-9-16(13-21(20)25-22)23(28)26-12-11-15-5-1-2-6-17(15)14-26/h1-10,13,24H,11-12,14H2,(H,25,27). The van der Waals surface area contributed by atoms with Crippen molar-refractivity contribution in [1.29, 1.82) is 0 Å². The second kappa shape index (κ2) is 6.53. The van der Waals surface area contributed by atoms with Crippen LogP contribution in [0.25, 0.3) is 0 Å². The van der Waals surface area contributed by atoms with Gasteiger partial charge >= 0.3 is 0 Å². The van der Waals surface area contributed by atoms with Crippen LogP contribution in [0.5, 0.6) is 0 Å². The van der Waals surface area contributed by atoms with E-state index in [-0.39, 0.29) is 11.8 Å². The summed E-state index contributed by atoms with van der Waals surface area (Å²) in [5, 5.41) is 6.20. The topological polar surface area (TPSA) is 61.4 Å². The number of hydrogen-bond acceptors (Lipinski definition) is 3. The summed E-state index contributed by atoms with van der Waals surface area (Å²) in [5.41, 5.74) is 5.81. The minimum atomic E-state index is -0.182. The lowest BCUT2D eigenvalue weighted by Gasteiger charge is -2.29. The molecule has 2 heterocycles. The molecule has 138 valence electrons. The van der Waals surface area contributed by atoms with E-state index in [0.29, 0.717) is 29.9 Å². The van der Waals surface area contributed by atoms with Crippen molar-refractivity contribution >= 4 is 28.9 Å². The molecule has 0 aliphatic carbocycles. The van der Waals surface area contributed by atoms with E-state index in [2.05, 4.69) is 22.8 Å². The van der Waals surface area contributed by atoms with Crippen molar-refractivity contribution in [3.8, 4) is 0 Å². The van der Waals surface area contributed by atoms with Crippen molar-refractivity contribution in [2.75, 3.05) is 17.2 Å². The fraction of sp³-hybridized carbons (Fsp3) is 0.130. The molecule has 0 bridgehead atoms. The number of rotatable bonds is 1. The van der Waals surface area contributed by atoms with Crippen LogP contribution in [-0.2, 0) is 13.0 Å². The van der Waals surface area contributed by atoms with Gasteiger partial charge in [0.1, 0.15) is 0 Å². The summed E-state index contributed by atoms with van der Waals surface area (Å²) < 4.78 is 0. The Kier molecular flexibility index (Phi) is 3.86. The monoisotopic (exact) mass is 369 g/mol. The summed E-state index contributed by atoms with van der Waals surface area (Å²) in [6, 6.07) is 21.0. The van der Waals surface area contributed by atoms with Gasteiger partial charge in [0, 0.05) is 18.7 Å². The molecule has 5 rings (SSSR count). The molecule has 0 saturated carbocycles.